The topological polar surface area (TPSA) is 111 Å². The van der Waals surface area contributed by atoms with Crippen LogP contribution in [0.1, 0.15) is 48.9 Å². The minimum Gasteiger partial charge on any atom is -0.384 e. The van der Waals surface area contributed by atoms with Gasteiger partial charge in [-0.05, 0) is 43.7 Å². The zero-order chi connectivity index (χ0) is 15.9. The van der Waals surface area contributed by atoms with E-state index in [0.717, 1.165) is 25.7 Å². The second-order valence-corrected chi connectivity index (χ2v) is 5.92. The number of hydrogen-bond donors (Lipinski definition) is 3. The van der Waals surface area contributed by atoms with Crippen molar-refractivity contribution in [3.8, 4) is 0 Å². The molecule has 1 aliphatic rings. The van der Waals surface area contributed by atoms with Crippen LogP contribution in [0.15, 0.2) is 18.3 Å². The van der Waals surface area contributed by atoms with Crippen LogP contribution in [0.2, 0.25) is 0 Å². The summed E-state index contributed by atoms with van der Waals surface area (Å²) >= 11 is 0. The standard InChI is InChI=1S/C16H24N4O2/c17-7-5-16(22)20-13-3-1-11(2-4-13)9-14(21)12-6-8-19-15(18)10-12/h6,8,10-11,13H,1-5,7,9,17H2,(H2,18,19)(H,20,22). The molecule has 0 spiro atoms. The summed E-state index contributed by atoms with van der Waals surface area (Å²) in [7, 11) is 0. The van der Waals surface area contributed by atoms with Crippen molar-refractivity contribution in [2.75, 3.05) is 12.3 Å². The molecule has 1 aliphatic carbocycles. The van der Waals surface area contributed by atoms with Crippen LogP contribution in [0.25, 0.3) is 0 Å². The van der Waals surface area contributed by atoms with E-state index < -0.39 is 0 Å². The first kappa shape index (κ1) is 16.4. The maximum absolute atomic E-state index is 12.2. The first-order valence-electron chi connectivity index (χ1n) is 7.82. The Bertz CT molecular complexity index is 525. The van der Waals surface area contributed by atoms with Crippen LogP contribution in [0, 0.1) is 5.92 Å². The molecular formula is C16H24N4O2. The number of hydrogen-bond acceptors (Lipinski definition) is 5. The third-order valence-corrected chi connectivity index (χ3v) is 4.16. The smallest absolute Gasteiger partial charge is 0.221 e. The molecule has 0 unspecified atom stereocenters. The number of carbonyl (C=O) groups is 2. The first-order valence-corrected chi connectivity index (χ1v) is 7.82. The van der Waals surface area contributed by atoms with E-state index in [1.807, 2.05) is 0 Å². The predicted octanol–water partition coefficient (Wildman–Crippen LogP) is 1.26. The second kappa shape index (κ2) is 7.89. The Morgan fingerprint density at radius 3 is 2.64 bits per heavy atom. The van der Waals surface area contributed by atoms with E-state index in [1.165, 1.54) is 0 Å². The van der Waals surface area contributed by atoms with Crippen molar-refractivity contribution >= 4 is 17.5 Å². The molecule has 1 amide bonds. The minimum absolute atomic E-state index is 0.0225. The molecule has 1 fully saturated rings. The molecule has 0 aromatic carbocycles. The van der Waals surface area contributed by atoms with E-state index in [4.69, 9.17) is 11.5 Å². The number of carbonyl (C=O) groups excluding carboxylic acids is 2. The molecule has 6 heteroatoms. The third-order valence-electron chi connectivity index (χ3n) is 4.16. The lowest BCUT2D eigenvalue weighted by Gasteiger charge is -2.28. The molecule has 0 saturated heterocycles. The number of anilines is 1. The number of Topliss-reactive ketones (excluding diaryl/α,β-unsaturated/α-hetero) is 1. The zero-order valence-electron chi connectivity index (χ0n) is 12.8. The van der Waals surface area contributed by atoms with Gasteiger partial charge in [-0.3, -0.25) is 9.59 Å². The van der Waals surface area contributed by atoms with E-state index >= 15 is 0 Å². The molecular weight excluding hydrogens is 280 g/mol. The molecule has 1 saturated carbocycles. The van der Waals surface area contributed by atoms with Gasteiger partial charge in [-0.1, -0.05) is 0 Å². The van der Waals surface area contributed by atoms with Crippen LogP contribution >= 0.6 is 0 Å². The van der Waals surface area contributed by atoms with Gasteiger partial charge in [-0.15, -0.1) is 0 Å². The molecule has 1 aromatic heterocycles. The minimum atomic E-state index is 0.0225. The molecule has 120 valence electrons. The van der Waals surface area contributed by atoms with Gasteiger partial charge in [-0.25, -0.2) is 4.98 Å². The number of nitrogens with two attached hydrogens (primary N) is 2. The van der Waals surface area contributed by atoms with E-state index in [2.05, 4.69) is 10.3 Å². The Morgan fingerprint density at radius 2 is 2.00 bits per heavy atom. The van der Waals surface area contributed by atoms with Gasteiger partial charge in [0.15, 0.2) is 5.78 Å². The molecule has 0 radical (unpaired) electrons. The van der Waals surface area contributed by atoms with Gasteiger partial charge in [0.2, 0.25) is 5.91 Å². The van der Waals surface area contributed by atoms with Crippen molar-refractivity contribution < 1.29 is 9.59 Å². The molecule has 5 N–H and O–H groups in total. The normalized spacial score (nSPS) is 21.3. The molecule has 1 heterocycles. The zero-order valence-corrected chi connectivity index (χ0v) is 12.8. The highest BCUT2D eigenvalue weighted by Gasteiger charge is 2.24. The van der Waals surface area contributed by atoms with Crippen LogP contribution in [0.3, 0.4) is 0 Å². The number of amides is 1. The Labute approximate surface area is 130 Å². The number of nitrogen functional groups attached to an aromatic ring is 1. The van der Waals surface area contributed by atoms with Crippen LogP contribution in [-0.2, 0) is 4.79 Å². The number of pyridine rings is 1. The Kier molecular flexibility index (Phi) is 5.89. The van der Waals surface area contributed by atoms with Crippen molar-refractivity contribution in [1.82, 2.24) is 10.3 Å². The van der Waals surface area contributed by atoms with Crippen molar-refractivity contribution in [3.05, 3.63) is 23.9 Å². The number of nitrogens with one attached hydrogen (secondary N) is 1. The summed E-state index contributed by atoms with van der Waals surface area (Å²) in [5.74, 6) is 0.890. The van der Waals surface area contributed by atoms with E-state index in [0.29, 0.717) is 36.7 Å². The number of nitrogens with zero attached hydrogens (tertiary/aromatic N) is 1. The highest BCUT2D eigenvalue weighted by atomic mass is 16.1. The molecule has 0 atom stereocenters. The predicted molar refractivity (Wildman–Crippen MR) is 85.2 cm³/mol. The highest BCUT2D eigenvalue weighted by Crippen LogP contribution is 2.28. The maximum atomic E-state index is 12.2. The summed E-state index contributed by atoms with van der Waals surface area (Å²) in [4.78, 5) is 27.7. The molecule has 0 bridgehead atoms. The monoisotopic (exact) mass is 304 g/mol. The van der Waals surface area contributed by atoms with Crippen LogP contribution in [0.5, 0.6) is 0 Å². The van der Waals surface area contributed by atoms with Gasteiger partial charge >= 0.3 is 0 Å². The lowest BCUT2D eigenvalue weighted by molar-refractivity contribution is -0.121. The average molecular weight is 304 g/mol. The lowest BCUT2D eigenvalue weighted by Crippen LogP contribution is -2.38. The quantitative estimate of drug-likeness (QED) is 0.685. The third kappa shape index (κ3) is 4.80. The molecule has 1 aromatic rings. The van der Waals surface area contributed by atoms with Crippen molar-refractivity contribution in [3.63, 3.8) is 0 Å². The van der Waals surface area contributed by atoms with Crippen LogP contribution in [-0.4, -0.2) is 29.3 Å². The fourth-order valence-corrected chi connectivity index (χ4v) is 2.94. The number of aromatic nitrogens is 1. The van der Waals surface area contributed by atoms with E-state index in [-0.39, 0.29) is 17.7 Å². The fourth-order valence-electron chi connectivity index (χ4n) is 2.94. The molecule has 0 aliphatic heterocycles. The van der Waals surface area contributed by atoms with Crippen LogP contribution < -0.4 is 16.8 Å². The Morgan fingerprint density at radius 1 is 1.27 bits per heavy atom. The maximum Gasteiger partial charge on any atom is 0.221 e. The average Bonchev–Trinajstić information content (AvgIpc) is 2.49. The summed E-state index contributed by atoms with van der Waals surface area (Å²) in [5.41, 5.74) is 11.6. The van der Waals surface area contributed by atoms with Crippen molar-refractivity contribution in [2.24, 2.45) is 11.7 Å². The number of rotatable bonds is 6. The molecule has 6 nitrogen and oxygen atoms in total. The summed E-state index contributed by atoms with van der Waals surface area (Å²) in [5, 5.41) is 3.00. The highest BCUT2D eigenvalue weighted by molar-refractivity contribution is 5.96. The summed E-state index contributed by atoms with van der Waals surface area (Å²) in [6.45, 7) is 0.380. The van der Waals surface area contributed by atoms with Crippen LogP contribution in [0.4, 0.5) is 5.82 Å². The summed E-state index contributed by atoms with van der Waals surface area (Å²) in [6, 6.07) is 3.56. The van der Waals surface area contributed by atoms with Gasteiger partial charge in [0, 0.05) is 37.2 Å². The van der Waals surface area contributed by atoms with Gasteiger partial charge < -0.3 is 16.8 Å². The summed E-state index contributed by atoms with van der Waals surface area (Å²) in [6.07, 6.45) is 6.24. The summed E-state index contributed by atoms with van der Waals surface area (Å²) < 4.78 is 0. The fraction of sp³-hybridized carbons (Fsp3) is 0.562. The Hall–Kier alpha value is -1.95. The van der Waals surface area contributed by atoms with Gasteiger partial charge in [0.05, 0.1) is 0 Å². The second-order valence-electron chi connectivity index (χ2n) is 5.92. The van der Waals surface area contributed by atoms with Gasteiger partial charge in [0.1, 0.15) is 5.82 Å². The largest absolute Gasteiger partial charge is 0.384 e. The van der Waals surface area contributed by atoms with Crippen molar-refractivity contribution in [1.29, 1.82) is 0 Å². The SMILES string of the molecule is NCCC(=O)NC1CCC(CC(=O)c2ccnc(N)c2)CC1. The molecule has 2 rings (SSSR count). The van der Waals surface area contributed by atoms with E-state index in [9.17, 15) is 9.59 Å². The van der Waals surface area contributed by atoms with E-state index in [1.54, 1.807) is 18.3 Å². The number of ketones is 1. The first-order chi connectivity index (χ1) is 10.6. The molecule has 22 heavy (non-hydrogen) atoms. The van der Waals surface area contributed by atoms with Gasteiger partial charge in [0.25, 0.3) is 0 Å². The van der Waals surface area contributed by atoms with Gasteiger partial charge in [-0.2, -0.15) is 0 Å². The lowest BCUT2D eigenvalue weighted by atomic mass is 9.82. The van der Waals surface area contributed by atoms with Crippen molar-refractivity contribution in [2.45, 2.75) is 44.6 Å². The Balaban J connectivity index is 1.77.